The van der Waals surface area contributed by atoms with Gasteiger partial charge in [0.05, 0.1) is 28.3 Å². The van der Waals surface area contributed by atoms with Crippen LogP contribution in [0.15, 0.2) is 29.2 Å². The Morgan fingerprint density at radius 3 is 2.19 bits per heavy atom. The molecule has 0 bridgehead atoms. The van der Waals surface area contributed by atoms with Crippen LogP contribution >= 0.6 is 0 Å². The van der Waals surface area contributed by atoms with Crippen LogP contribution in [0.2, 0.25) is 0 Å². The zero-order chi connectivity index (χ0) is 19.7. The molecule has 27 heavy (non-hydrogen) atoms. The van der Waals surface area contributed by atoms with Gasteiger partial charge in [-0.05, 0) is 18.9 Å². The first kappa shape index (κ1) is 20.1. The second-order valence-electron chi connectivity index (χ2n) is 6.43. The number of morpholine rings is 1. The fraction of sp³-hybridized carbons (Fsp3) is 0.600. The first-order valence-corrected chi connectivity index (χ1v) is 11.5. The number of hydrogen-bond donors (Lipinski definition) is 1. The quantitative estimate of drug-likeness (QED) is 0.679. The van der Waals surface area contributed by atoms with E-state index in [2.05, 4.69) is 0 Å². The number of hydrogen-bond acceptors (Lipinski definition) is 6. The van der Waals surface area contributed by atoms with Crippen molar-refractivity contribution in [3.05, 3.63) is 29.2 Å². The van der Waals surface area contributed by atoms with Crippen LogP contribution in [0.25, 0.3) is 0 Å². The van der Waals surface area contributed by atoms with Gasteiger partial charge < -0.3 is 4.74 Å². The summed E-state index contributed by atoms with van der Waals surface area (Å²) < 4.78 is 58.8. The Balaban J connectivity index is 1.71. The van der Waals surface area contributed by atoms with E-state index in [4.69, 9.17) is 9.94 Å². The van der Waals surface area contributed by atoms with Crippen LogP contribution in [0.3, 0.4) is 0 Å². The van der Waals surface area contributed by atoms with Crippen LogP contribution in [-0.2, 0) is 24.8 Å². The van der Waals surface area contributed by atoms with E-state index in [1.807, 2.05) is 0 Å². The van der Waals surface area contributed by atoms with E-state index < -0.39 is 30.2 Å². The molecule has 0 unspecified atom stereocenters. The number of nitrogens with zero attached hydrogens (tertiary/aromatic N) is 3. The molecule has 2 fully saturated rings. The highest BCUT2D eigenvalue weighted by Gasteiger charge is 2.38. The van der Waals surface area contributed by atoms with Crippen molar-refractivity contribution in [2.24, 2.45) is 0 Å². The topological polar surface area (TPSA) is 124 Å². The number of rotatable bonds is 5. The van der Waals surface area contributed by atoms with E-state index in [9.17, 15) is 21.7 Å². The normalized spacial score (nSPS) is 21.2. The highest BCUT2D eigenvalue weighted by Crippen LogP contribution is 2.28. The Kier molecular flexibility index (Phi) is 5.82. The zero-order valence-electron chi connectivity index (χ0n) is 14.6. The van der Waals surface area contributed by atoms with Crippen LogP contribution < -0.4 is 0 Å². The van der Waals surface area contributed by atoms with E-state index in [1.54, 1.807) is 0 Å². The molecule has 0 saturated carbocycles. The second kappa shape index (κ2) is 7.80. The maximum atomic E-state index is 12.8. The standard InChI is InChI=1S/C15H22N3O7S2/c19-18(20)13-2-1-3-15(12-13)26(21,22)14-4-6-16(7-5-14)27(23,24)17-8-10-25-11-9-17/h1-3,12,14H,4-11H2,(H,19,20)/q+1. The van der Waals surface area contributed by atoms with Gasteiger partial charge in [0.25, 0.3) is 15.1 Å². The van der Waals surface area contributed by atoms with Crippen LogP contribution in [0.5, 0.6) is 0 Å². The van der Waals surface area contributed by atoms with Crippen LogP contribution in [0.4, 0.5) is 5.69 Å². The first-order valence-electron chi connectivity index (χ1n) is 8.56. The van der Waals surface area contributed by atoms with Gasteiger partial charge in [0, 0.05) is 38.3 Å². The third kappa shape index (κ3) is 4.14. The van der Waals surface area contributed by atoms with Crippen molar-refractivity contribution >= 4 is 25.7 Å². The molecule has 2 aliphatic heterocycles. The lowest BCUT2D eigenvalue weighted by molar-refractivity contribution is -0.729. The molecule has 0 radical (unpaired) electrons. The van der Waals surface area contributed by atoms with Gasteiger partial charge in [0.1, 0.15) is 0 Å². The second-order valence-corrected chi connectivity index (χ2v) is 10.6. The van der Waals surface area contributed by atoms with Crippen molar-refractivity contribution in [1.82, 2.24) is 8.61 Å². The van der Waals surface area contributed by atoms with Crippen LogP contribution in [0.1, 0.15) is 12.8 Å². The molecule has 1 N–H and O–H groups in total. The lowest BCUT2D eigenvalue weighted by atomic mass is 10.2. The highest BCUT2D eigenvalue weighted by atomic mass is 32.2. The van der Waals surface area contributed by atoms with E-state index in [-0.39, 0.29) is 36.5 Å². The van der Waals surface area contributed by atoms with Crippen molar-refractivity contribution in [2.45, 2.75) is 23.0 Å². The minimum absolute atomic E-state index is 0.0654. The molecular weight excluding hydrogens is 398 g/mol. The number of ether oxygens (including phenoxy) is 1. The molecule has 0 amide bonds. The van der Waals surface area contributed by atoms with Gasteiger partial charge in [-0.2, -0.15) is 17.0 Å². The number of sulfone groups is 1. The summed E-state index contributed by atoms with van der Waals surface area (Å²) in [5.74, 6) is 0. The smallest absolute Gasteiger partial charge is 0.317 e. The summed E-state index contributed by atoms with van der Waals surface area (Å²) in [5.41, 5.74) is -0.177. The molecule has 12 heteroatoms. The molecule has 150 valence electrons. The maximum Gasteiger partial charge on any atom is 0.317 e. The highest BCUT2D eigenvalue weighted by molar-refractivity contribution is 7.92. The van der Waals surface area contributed by atoms with Crippen LogP contribution in [0, 0.1) is 4.91 Å². The van der Waals surface area contributed by atoms with Crippen LogP contribution in [-0.4, -0.2) is 80.2 Å². The van der Waals surface area contributed by atoms with Gasteiger partial charge in [-0.1, -0.05) is 6.07 Å². The van der Waals surface area contributed by atoms with Gasteiger partial charge in [0.2, 0.25) is 0 Å². The Morgan fingerprint density at radius 2 is 1.59 bits per heavy atom. The molecule has 2 heterocycles. The van der Waals surface area contributed by atoms with E-state index in [1.165, 1.54) is 26.8 Å². The summed E-state index contributed by atoms with van der Waals surface area (Å²) in [6.45, 7) is 1.50. The minimum Gasteiger partial charge on any atom is -0.379 e. The van der Waals surface area contributed by atoms with Crippen molar-refractivity contribution in [2.75, 3.05) is 39.4 Å². The van der Waals surface area contributed by atoms with E-state index in [0.29, 0.717) is 26.3 Å². The Bertz CT molecular complexity index is 903. The SMILES string of the molecule is O=[N+](O)c1cccc(S(=O)(=O)C2CCN(S(=O)(=O)N3CCOCC3)CC2)c1. The third-order valence-corrected chi connectivity index (χ3v) is 9.12. The third-order valence-electron chi connectivity index (χ3n) is 4.83. The number of piperidine rings is 1. The number of benzene rings is 1. The van der Waals surface area contributed by atoms with Gasteiger partial charge >= 0.3 is 5.69 Å². The summed E-state index contributed by atoms with van der Waals surface area (Å²) in [6, 6.07) is 5.14. The van der Waals surface area contributed by atoms with E-state index >= 15 is 0 Å². The fourth-order valence-corrected chi connectivity index (χ4v) is 6.66. The predicted octanol–water partition coefficient (Wildman–Crippen LogP) is 0.301. The average Bonchev–Trinajstić information content (AvgIpc) is 2.69. The summed E-state index contributed by atoms with van der Waals surface area (Å²) >= 11 is 0. The molecule has 0 atom stereocenters. The Hall–Kier alpha value is -1.60. The van der Waals surface area contributed by atoms with Gasteiger partial charge in [0.15, 0.2) is 9.84 Å². The van der Waals surface area contributed by atoms with Crippen molar-refractivity contribution in [1.29, 1.82) is 0 Å². The minimum atomic E-state index is -3.74. The Labute approximate surface area is 158 Å². The molecule has 3 rings (SSSR count). The van der Waals surface area contributed by atoms with Gasteiger partial charge in [-0.3, -0.25) is 0 Å². The fourth-order valence-electron chi connectivity index (χ4n) is 3.29. The average molecular weight is 420 g/mol. The summed E-state index contributed by atoms with van der Waals surface area (Å²) in [7, 11) is -7.37. The predicted molar refractivity (Wildman–Crippen MR) is 94.6 cm³/mol. The molecule has 0 spiro atoms. The molecule has 2 saturated heterocycles. The van der Waals surface area contributed by atoms with Gasteiger partial charge in [-0.15, -0.1) is 0 Å². The monoisotopic (exact) mass is 420 g/mol. The first-order chi connectivity index (χ1) is 12.7. The molecule has 2 aliphatic rings. The van der Waals surface area contributed by atoms with Crippen molar-refractivity contribution in [3.63, 3.8) is 0 Å². The maximum absolute atomic E-state index is 12.8. The molecule has 0 aromatic heterocycles. The molecule has 1 aromatic rings. The molecule has 10 nitrogen and oxygen atoms in total. The summed E-state index contributed by atoms with van der Waals surface area (Å²) in [6.07, 6.45) is 0.326. The molecular formula is C15H22N3O7S2+. The van der Waals surface area contributed by atoms with E-state index in [0.717, 1.165) is 6.07 Å². The van der Waals surface area contributed by atoms with Crippen molar-refractivity contribution < 1.29 is 31.7 Å². The largest absolute Gasteiger partial charge is 0.379 e. The summed E-state index contributed by atoms with van der Waals surface area (Å²) in [5, 5.41) is 8.22. The zero-order valence-corrected chi connectivity index (χ0v) is 16.2. The summed E-state index contributed by atoms with van der Waals surface area (Å²) in [4.78, 5) is 10.5. The van der Waals surface area contributed by atoms with Crippen molar-refractivity contribution in [3.8, 4) is 0 Å². The Morgan fingerprint density at radius 1 is 1.00 bits per heavy atom. The lowest BCUT2D eigenvalue weighted by Crippen LogP contribution is -2.51. The lowest BCUT2D eigenvalue weighted by Gasteiger charge is -2.35. The van der Waals surface area contributed by atoms with Gasteiger partial charge in [-0.25, -0.2) is 13.6 Å². The molecule has 0 aliphatic carbocycles. The molecule has 1 aromatic carbocycles.